The van der Waals surface area contributed by atoms with Crippen LogP contribution in [0.25, 0.3) is 22.0 Å². The third-order valence-electron chi connectivity index (χ3n) is 3.50. The fourth-order valence-corrected chi connectivity index (χ4v) is 2.36. The van der Waals surface area contributed by atoms with Crippen molar-refractivity contribution in [2.75, 3.05) is 19.0 Å². The topological polar surface area (TPSA) is 56.3 Å². The van der Waals surface area contributed by atoms with Gasteiger partial charge in [0.2, 0.25) is 0 Å². The lowest BCUT2D eigenvalue weighted by atomic mass is 10.1. The van der Waals surface area contributed by atoms with Gasteiger partial charge in [0.25, 0.3) is 5.56 Å². The van der Waals surface area contributed by atoms with Gasteiger partial charge in [0.05, 0.1) is 0 Å². The van der Waals surface area contributed by atoms with Crippen LogP contribution in [-0.4, -0.2) is 24.2 Å². The van der Waals surface area contributed by atoms with E-state index in [-0.39, 0.29) is 11.3 Å². The van der Waals surface area contributed by atoms with E-state index in [1.54, 1.807) is 18.2 Å². The zero-order valence-electron chi connectivity index (χ0n) is 11.9. The highest BCUT2D eigenvalue weighted by molar-refractivity contribution is 5.88. The van der Waals surface area contributed by atoms with E-state index in [2.05, 4.69) is 4.98 Å². The molecule has 106 valence electrons. The third kappa shape index (κ3) is 2.48. The summed E-state index contributed by atoms with van der Waals surface area (Å²) in [5, 5.41) is 11.1. The summed E-state index contributed by atoms with van der Waals surface area (Å²) in [6, 6.07) is 14.6. The number of fused-ring (bicyclic) bond motifs is 1. The van der Waals surface area contributed by atoms with Crippen molar-refractivity contribution in [3.63, 3.8) is 0 Å². The zero-order chi connectivity index (χ0) is 15.0. The number of pyridine rings is 1. The number of benzene rings is 2. The van der Waals surface area contributed by atoms with Crippen molar-refractivity contribution in [1.29, 1.82) is 0 Å². The highest BCUT2D eigenvalue weighted by Gasteiger charge is 2.06. The van der Waals surface area contributed by atoms with E-state index in [1.165, 1.54) is 0 Å². The Bertz CT molecular complexity index is 866. The maximum atomic E-state index is 12.3. The minimum atomic E-state index is -0.130. The molecule has 0 saturated carbocycles. The standard InChI is InChI=1S/C17H16N2O2/c1-19(2)13-7-6-11-9-16(18-17(21)15(11)10-13)12-4-3-5-14(20)8-12/h3-10,20H,1-2H3,(H,18,21). The summed E-state index contributed by atoms with van der Waals surface area (Å²) in [7, 11) is 3.88. The van der Waals surface area contributed by atoms with E-state index in [1.807, 2.05) is 49.3 Å². The molecule has 21 heavy (non-hydrogen) atoms. The van der Waals surface area contributed by atoms with Crippen LogP contribution in [0.5, 0.6) is 5.75 Å². The Hall–Kier alpha value is -2.75. The number of aromatic nitrogens is 1. The number of aromatic amines is 1. The first-order valence-corrected chi connectivity index (χ1v) is 6.68. The fraction of sp³-hybridized carbons (Fsp3) is 0.118. The smallest absolute Gasteiger partial charge is 0.256 e. The van der Waals surface area contributed by atoms with Gasteiger partial charge in [0.15, 0.2) is 0 Å². The molecule has 0 aliphatic heterocycles. The molecule has 3 aromatic rings. The summed E-state index contributed by atoms with van der Waals surface area (Å²) < 4.78 is 0. The Labute approximate surface area is 122 Å². The molecule has 0 fully saturated rings. The molecule has 1 aromatic heterocycles. The monoisotopic (exact) mass is 280 g/mol. The first kappa shape index (κ1) is 13.2. The van der Waals surface area contributed by atoms with Gasteiger partial charge in [-0.1, -0.05) is 18.2 Å². The fourth-order valence-electron chi connectivity index (χ4n) is 2.36. The molecule has 2 N–H and O–H groups in total. The summed E-state index contributed by atoms with van der Waals surface area (Å²) >= 11 is 0. The first-order chi connectivity index (χ1) is 10.0. The van der Waals surface area contributed by atoms with Crippen LogP contribution < -0.4 is 10.5 Å². The van der Waals surface area contributed by atoms with Crippen molar-refractivity contribution in [1.82, 2.24) is 4.98 Å². The van der Waals surface area contributed by atoms with Crippen LogP contribution in [0, 0.1) is 0 Å². The van der Waals surface area contributed by atoms with E-state index in [9.17, 15) is 9.90 Å². The Morgan fingerprint density at radius 3 is 2.57 bits per heavy atom. The van der Waals surface area contributed by atoms with Gasteiger partial charge in [0, 0.05) is 36.4 Å². The number of hydrogen-bond acceptors (Lipinski definition) is 3. The van der Waals surface area contributed by atoms with Crippen molar-refractivity contribution in [3.8, 4) is 17.0 Å². The van der Waals surface area contributed by atoms with Gasteiger partial charge >= 0.3 is 0 Å². The number of nitrogens with one attached hydrogen (secondary N) is 1. The average molecular weight is 280 g/mol. The van der Waals surface area contributed by atoms with Crippen LogP contribution in [-0.2, 0) is 0 Å². The van der Waals surface area contributed by atoms with E-state index in [4.69, 9.17) is 0 Å². The van der Waals surface area contributed by atoms with Gasteiger partial charge in [-0.3, -0.25) is 4.79 Å². The van der Waals surface area contributed by atoms with Gasteiger partial charge in [-0.25, -0.2) is 0 Å². The van der Waals surface area contributed by atoms with E-state index < -0.39 is 0 Å². The second kappa shape index (κ2) is 4.98. The number of phenolic OH excluding ortho intramolecular Hbond substituents is 1. The predicted molar refractivity (Wildman–Crippen MR) is 86.0 cm³/mol. The molecule has 0 atom stereocenters. The molecule has 1 heterocycles. The van der Waals surface area contributed by atoms with Gasteiger partial charge in [-0.2, -0.15) is 0 Å². The number of anilines is 1. The van der Waals surface area contributed by atoms with E-state index >= 15 is 0 Å². The summed E-state index contributed by atoms with van der Waals surface area (Å²) in [5.74, 6) is 0.177. The molecule has 0 aliphatic carbocycles. The minimum absolute atomic E-state index is 0.130. The third-order valence-corrected chi connectivity index (χ3v) is 3.50. The lowest BCUT2D eigenvalue weighted by Crippen LogP contribution is -2.11. The molecule has 0 saturated heterocycles. The van der Waals surface area contributed by atoms with Gasteiger partial charge in [-0.15, -0.1) is 0 Å². The molecular weight excluding hydrogens is 264 g/mol. The molecular formula is C17H16N2O2. The molecule has 4 heteroatoms. The second-order valence-corrected chi connectivity index (χ2v) is 5.23. The summed E-state index contributed by atoms with van der Waals surface area (Å²) in [6.45, 7) is 0. The Morgan fingerprint density at radius 2 is 1.86 bits per heavy atom. The highest BCUT2D eigenvalue weighted by Crippen LogP contribution is 2.24. The maximum Gasteiger partial charge on any atom is 0.256 e. The molecule has 4 nitrogen and oxygen atoms in total. The number of aromatic hydroxyl groups is 1. The van der Waals surface area contributed by atoms with Crippen LogP contribution in [0.2, 0.25) is 0 Å². The Kier molecular flexibility index (Phi) is 3.14. The molecule has 3 rings (SSSR count). The van der Waals surface area contributed by atoms with Crippen LogP contribution >= 0.6 is 0 Å². The van der Waals surface area contributed by atoms with Crippen LogP contribution in [0.4, 0.5) is 5.69 Å². The number of hydrogen-bond donors (Lipinski definition) is 2. The van der Waals surface area contributed by atoms with Crippen molar-refractivity contribution < 1.29 is 5.11 Å². The van der Waals surface area contributed by atoms with Crippen LogP contribution in [0.3, 0.4) is 0 Å². The molecule has 0 amide bonds. The van der Waals surface area contributed by atoms with Crippen LogP contribution in [0.15, 0.2) is 53.3 Å². The average Bonchev–Trinajstić information content (AvgIpc) is 2.46. The zero-order valence-corrected chi connectivity index (χ0v) is 11.9. The van der Waals surface area contributed by atoms with Gasteiger partial charge < -0.3 is 15.0 Å². The lowest BCUT2D eigenvalue weighted by Gasteiger charge is -2.13. The van der Waals surface area contributed by atoms with Crippen molar-refractivity contribution >= 4 is 16.5 Å². The predicted octanol–water partition coefficient (Wildman–Crippen LogP) is 2.97. The molecule has 2 aromatic carbocycles. The van der Waals surface area contributed by atoms with E-state index in [0.29, 0.717) is 11.1 Å². The minimum Gasteiger partial charge on any atom is -0.508 e. The quantitative estimate of drug-likeness (QED) is 0.758. The van der Waals surface area contributed by atoms with Crippen molar-refractivity contribution in [2.24, 2.45) is 0 Å². The molecule has 0 spiro atoms. The van der Waals surface area contributed by atoms with Crippen molar-refractivity contribution in [2.45, 2.75) is 0 Å². The molecule has 0 radical (unpaired) electrons. The van der Waals surface area contributed by atoms with E-state index in [0.717, 1.165) is 16.6 Å². The second-order valence-electron chi connectivity index (χ2n) is 5.23. The van der Waals surface area contributed by atoms with Gasteiger partial charge in [0.1, 0.15) is 5.75 Å². The molecule has 0 aliphatic rings. The number of H-pyrrole nitrogens is 1. The Balaban J connectivity index is 2.20. The number of phenols is 1. The normalized spacial score (nSPS) is 10.8. The molecule has 0 bridgehead atoms. The highest BCUT2D eigenvalue weighted by atomic mass is 16.3. The summed E-state index contributed by atoms with van der Waals surface area (Å²) in [5.41, 5.74) is 2.33. The largest absolute Gasteiger partial charge is 0.508 e. The van der Waals surface area contributed by atoms with Crippen LogP contribution in [0.1, 0.15) is 0 Å². The molecule has 0 unspecified atom stereocenters. The Morgan fingerprint density at radius 1 is 1.05 bits per heavy atom. The first-order valence-electron chi connectivity index (χ1n) is 6.68. The number of rotatable bonds is 2. The maximum absolute atomic E-state index is 12.3. The summed E-state index contributed by atoms with van der Waals surface area (Å²) in [4.78, 5) is 17.1. The number of nitrogens with zero attached hydrogens (tertiary/aromatic N) is 1. The van der Waals surface area contributed by atoms with Gasteiger partial charge in [-0.05, 0) is 35.7 Å². The summed E-state index contributed by atoms with van der Waals surface area (Å²) in [6.07, 6.45) is 0. The van der Waals surface area contributed by atoms with Crippen molar-refractivity contribution in [3.05, 3.63) is 58.9 Å². The lowest BCUT2D eigenvalue weighted by molar-refractivity contribution is 0.475. The SMILES string of the molecule is CN(C)c1ccc2cc(-c3cccc(O)c3)[nH]c(=O)c2c1.